The summed E-state index contributed by atoms with van der Waals surface area (Å²) in [6, 6.07) is 28.1. The smallest absolute Gasteiger partial charge is 0.243 e. The van der Waals surface area contributed by atoms with Crippen LogP contribution < -0.4 is 9.64 Å². The van der Waals surface area contributed by atoms with E-state index in [0.717, 1.165) is 21.9 Å². The maximum Gasteiger partial charge on any atom is 0.243 e. The van der Waals surface area contributed by atoms with E-state index in [1.54, 1.807) is 18.9 Å². The molecule has 4 rings (SSSR count). The Morgan fingerprint density at radius 3 is 2.17 bits per heavy atom. The van der Waals surface area contributed by atoms with Gasteiger partial charge >= 0.3 is 0 Å². The van der Waals surface area contributed by atoms with Crippen molar-refractivity contribution in [3.63, 3.8) is 0 Å². The summed E-state index contributed by atoms with van der Waals surface area (Å²) >= 11 is 1.63. The van der Waals surface area contributed by atoms with Crippen molar-refractivity contribution in [2.45, 2.75) is 23.1 Å². The van der Waals surface area contributed by atoms with Crippen molar-refractivity contribution < 1.29 is 9.53 Å². The molecule has 0 unspecified atom stereocenters. The van der Waals surface area contributed by atoms with Gasteiger partial charge in [-0.3, -0.25) is 4.79 Å². The number of carbonyl (C=O) groups is 1. The van der Waals surface area contributed by atoms with Gasteiger partial charge < -0.3 is 9.64 Å². The van der Waals surface area contributed by atoms with Crippen LogP contribution >= 0.6 is 11.8 Å². The van der Waals surface area contributed by atoms with Crippen molar-refractivity contribution in [1.29, 1.82) is 0 Å². The van der Waals surface area contributed by atoms with Gasteiger partial charge in [-0.1, -0.05) is 54.6 Å². The van der Waals surface area contributed by atoms with Gasteiger partial charge in [0, 0.05) is 10.6 Å². The Hall–Kier alpha value is -2.98. The van der Waals surface area contributed by atoms with Gasteiger partial charge in [-0.25, -0.2) is 0 Å². The van der Waals surface area contributed by atoms with Gasteiger partial charge in [0.1, 0.15) is 11.0 Å². The maximum atomic E-state index is 13.1. The predicted octanol–water partition coefficient (Wildman–Crippen LogP) is 5.67. The van der Waals surface area contributed by atoms with Gasteiger partial charge in [-0.15, -0.1) is 11.8 Å². The lowest BCUT2D eigenvalue weighted by atomic mass is 9.91. The molecule has 3 nitrogen and oxygen atoms in total. The molecule has 0 aromatic heterocycles. The van der Waals surface area contributed by atoms with Crippen molar-refractivity contribution in [1.82, 2.24) is 0 Å². The summed E-state index contributed by atoms with van der Waals surface area (Å²) in [4.78, 5) is 16.1. The van der Waals surface area contributed by atoms with Gasteiger partial charge in [0.2, 0.25) is 5.91 Å². The van der Waals surface area contributed by atoms with Crippen LogP contribution in [0.1, 0.15) is 12.5 Å². The van der Waals surface area contributed by atoms with Crippen molar-refractivity contribution in [3.05, 3.63) is 96.1 Å². The Morgan fingerprint density at radius 2 is 1.55 bits per heavy atom. The molecule has 3 aromatic carbocycles. The molecule has 3 aromatic rings. The maximum absolute atomic E-state index is 13.1. The molecule has 146 valence electrons. The molecule has 1 saturated heterocycles. The fourth-order valence-corrected chi connectivity index (χ4v) is 4.88. The number of β-lactam (4-membered cyclic amide) rings is 1. The highest BCUT2D eigenvalue weighted by molar-refractivity contribution is 8.00. The van der Waals surface area contributed by atoms with Crippen LogP contribution in [-0.2, 0) is 4.79 Å². The molecule has 2 atom stereocenters. The zero-order chi connectivity index (χ0) is 20.2. The molecule has 0 spiro atoms. The Morgan fingerprint density at radius 1 is 0.931 bits per heavy atom. The molecular formula is C25H23NO2S. The van der Waals surface area contributed by atoms with E-state index in [4.69, 9.17) is 4.74 Å². The summed E-state index contributed by atoms with van der Waals surface area (Å²) < 4.78 is 5.26. The number of hydrogen-bond acceptors (Lipinski definition) is 3. The first-order valence-electron chi connectivity index (χ1n) is 9.59. The molecule has 0 bridgehead atoms. The quantitative estimate of drug-likeness (QED) is 0.498. The summed E-state index contributed by atoms with van der Waals surface area (Å²) in [6.07, 6.45) is 2.17. The topological polar surface area (TPSA) is 29.5 Å². The number of ether oxygens (including phenoxy) is 1. The number of hydrogen-bond donors (Lipinski definition) is 0. The summed E-state index contributed by atoms with van der Waals surface area (Å²) in [5.74, 6) is 0.917. The van der Waals surface area contributed by atoms with Crippen LogP contribution in [0.4, 0.5) is 5.69 Å². The average molecular weight is 402 g/mol. The zero-order valence-electron chi connectivity index (χ0n) is 16.5. The number of thioether (sulfide) groups is 1. The van der Waals surface area contributed by atoms with Gasteiger partial charge in [0.25, 0.3) is 0 Å². The highest BCUT2D eigenvalue weighted by Crippen LogP contribution is 2.42. The fourth-order valence-electron chi connectivity index (χ4n) is 3.59. The van der Waals surface area contributed by atoms with Gasteiger partial charge in [0.05, 0.1) is 13.2 Å². The van der Waals surface area contributed by atoms with Gasteiger partial charge in [0.15, 0.2) is 0 Å². The Bertz CT molecular complexity index is 1000. The number of amides is 1. The molecule has 1 amide bonds. The van der Waals surface area contributed by atoms with Crippen LogP contribution in [0.2, 0.25) is 0 Å². The van der Waals surface area contributed by atoms with E-state index in [0.29, 0.717) is 0 Å². The summed E-state index contributed by atoms with van der Waals surface area (Å²) in [5.41, 5.74) is 3.20. The van der Waals surface area contributed by atoms with Crippen molar-refractivity contribution >= 4 is 29.4 Å². The Balaban J connectivity index is 1.66. The third-order valence-electron chi connectivity index (χ3n) is 5.06. The predicted molar refractivity (Wildman–Crippen MR) is 120 cm³/mol. The third-order valence-corrected chi connectivity index (χ3v) is 6.32. The van der Waals surface area contributed by atoms with Crippen molar-refractivity contribution in [3.8, 4) is 5.75 Å². The molecule has 4 heteroatoms. The normalized spacial score (nSPS) is 19.0. The standard InChI is InChI=1S/C25H23NO2S/c1-18(17-19-9-5-3-6-10-19)23-24(29-22-11-7-4-8-12-22)25(27)26(23)20-13-15-21(28-2)16-14-20/h3-17,23-24H,1-2H3/b18-17+/t23-,24+/m0/s1. The first-order chi connectivity index (χ1) is 14.2. The Kier molecular flexibility index (Phi) is 5.72. The second-order valence-electron chi connectivity index (χ2n) is 7.00. The molecule has 1 heterocycles. The highest BCUT2D eigenvalue weighted by atomic mass is 32.2. The summed E-state index contributed by atoms with van der Waals surface area (Å²) in [7, 11) is 1.64. The van der Waals surface area contributed by atoms with E-state index >= 15 is 0 Å². The average Bonchev–Trinajstić information content (AvgIpc) is 2.77. The lowest BCUT2D eigenvalue weighted by Crippen LogP contribution is -2.64. The van der Waals surface area contributed by atoms with Gasteiger partial charge in [-0.05, 0) is 54.5 Å². The minimum absolute atomic E-state index is 0.00121. The number of nitrogens with zero attached hydrogens (tertiary/aromatic N) is 1. The molecule has 1 aliphatic rings. The van der Waals surface area contributed by atoms with E-state index in [2.05, 4.69) is 37.3 Å². The lowest BCUT2D eigenvalue weighted by Gasteiger charge is -2.47. The number of carbonyl (C=O) groups excluding carboxylic acids is 1. The van der Waals surface area contributed by atoms with Crippen LogP contribution in [0.15, 0.2) is 95.4 Å². The lowest BCUT2D eigenvalue weighted by molar-refractivity contribution is -0.122. The minimum Gasteiger partial charge on any atom is -0.497 e. The van der Waals surface area contributed by atoms with Gasteiger partial charge in [-0.2, -0.15) is 0 Å². The molecule has 0 N–H and O–H groups in total. The largest absolute Gasteiger partial charge is 0.497 e. The van der Waals surface area contributed by atoms with Crippen LogP contribution in [0.3, 0.4) is 0 Å². The van der Waals surface area contributed by atoms with Crippen LogP contribution in [-0.4, -0.2) is 24.3 Å². The van der Waals surface area contributed by atoms with Crippen LogP contribution in [0.5, 0.6) is 5.75 Å². The molecule has 1 fully saturated rings. The van der Waals surface area contributed by atoms with E-state index in [1.807, 2.05) is 65.6 Å². The molecule has 0 aliphatic carbocycles. The van der Waals surface area contributed by atoms with E-state index in [-0.39, 0.29) is 17.2 Å². The summed E-state index contributed by atoms with van der Waals surface area (Å²) in [5, 5.41) is -0.139. The monoisotopic (exact) mass is 401 g/mol. The Labute approximate surface area is 176 Å². The molecule has 0 radical (unpaired) electrons. The molecule has 0 saturated carbocycles. The minimum atomic E-state index is -0.139. The number of methoxy groups -OCH3 is 1. The second-order valence-corrected chi connectivity index (χ2v) is 8.22. The molecule has 1 aliphatic heterocycles. The van der Waals surface area contributed by atoms with E-state index in [9.17, 15) is 4.79 Å². The zero-order valence-corrected chi connectivity index (χ0v) is 17.3. The third kappa shape index (κ3) is 4.08. The fraction of sp³-hybridized carbons (Fsp3) is 0.160. The highest BCUT2D eigenvalue weighted by Gasteiger charge is 2.49. The van der Waals surface area contributed by atoms with Crippen LogP contribution in [0.25, 0.3) is 6.08 Å². The van der Waals surface area contributed by atoms with Crippen LogP contribution in [0, 0.1) is 0 Å². The van der Waals surface area contributed by atoms with E-state index in [1.165, 1.54) is 5.57 Å². The molecular weight excluding hydrogens is 378 g/mol. The number of benzene rings is 3. The van der Waals surface area contributed by atoms with Crippen molar-refractivity contribution in [2.24, 2.45) is 0 Å². The van der Waals surface area contributed by atoms with Crippen molar-refractivity contribution in [2.75, 3.05) is 12.0 Å². The first kappa shape index (κ1) is 19.3. The van der Waals surface area contributed by atoms with E-state index < -0.39 is 0 Å². The molecule has 29 heavy (non-hydrogen) atoms. The SMILES string of the molecule is COc1ccc(N2C(=O)[C@H](Sc3ccccc3)[C@@H]2/C(C)=C/c2ccccc2)cc1. The number of anilines is 1. The first-order valence-corrected chi connectivity index (χ1v) is 10.5. The number of rotatable bonds is 6. The summed E-state index contributed by atoms with van der Waals surface area (Å²) in [6.45, 7) is 2.11. The second kappa shape index (κ2) is 8.58.